The van der Waals surface area contributed by atoms with Crippen LogP contribution in [0.3, 0.4) is 0 Å². The molecule has 0 unspecified atom stereocenters. The highest BCUT2D eigenvalue weighted by molar-refractivity contribution is 6.55. The van der Waals surface area contributed by atoms with Crippen LogP contribution in [0.1, 0.15) is 6.92 Å². The number of hydrogen-bond donors (Lipinski definition) is 1. The Balaban J connectivity index is 3.53. The van der Waals surface area contributed by atoms with E-state index >= 15 is 0 Å². The molecule has 4 heteroatoms. The van der Waals surface area contributed by atoms with Crippen LogP contribution >= 0.6 is 23.2 Å². The second kappa shape index (κ2) is 3.28. The number of alkyl halides is 2. The highest BCUT2D eigenvalue weighted by atomic mass is 35.5. The zero-order valence-electron chi connectivity index (χ0n) is 4.45. The van der Waals surface area contributed by atoms with Crippen LogP contribution in [-0.4, -0.2) is 17.3 Å². The van der Waals surface area contributed by atoms with Crippen molar-refractivity contribution in [3.8, 4) is 0 Å². The molecule has 0 saturated heterocycles. The van der Waals surface area contributed by atoms with Gasteiger partial charge in [0.1, 0.15) is 0 Å². The lowest BCUT2D eigenvalue weighted by atomic mass is 10.6. The molecule has 0 fully saturated rings. The summed E-state index contributed by atoms with van der Waals surface area (Å²) in [6, 6.07) is 0. The summed E-state index contributed by atoms with van der Waals surface area (Å²) in [6.45, 7) is 2.38. The minimum atomic E-state index is -1.39. The van der Waals surface area contributed by atoms with E-state index in [2.05, 4.69) is 5.32 Å². The third-order valence-electron chi connectivity index (χ3n) is 0.560. The van der Waals surface area contributed by atoms with Gasteiger partial charge in [-0.3, -0.25) is 10.1 Å². The molecule has 0 aliphatic carbocycles. The summed E-state index contributed by atoms with van der Waals surface area (Å²) in [4.78, 5) is 9.89. The average molecular weight is 156 g/mol. The van der Waals surface area contributed by atoms with Gasteiger partial charge in [0.15, 0.2) is 6.29 Å². The summed E-state index contributed by atoms with van der Waals surface area (Å²) in [7, 11) is 0. The lowest BCUT2D eigenvalue weighted by Crippen LogP contribution is -2.35. The van der Waals surface area contributed by atoms with Crippen LogP contribution in [-0.2, 0) is 4.79 Å². The fourth-order valence-corrected chi connectivity index (χ4v) is 0.545. The van der Waals surface area contributed by atoms with Gasteiger partial charge in [-0.25, -0.2) is 0 Å². The Labute approximate surface area is 58.2 Å². The standard InChI is InChI=1S/C4H7Cl2NO/c1-2-7-4(5,6)3-8/h3,7H,2H2,1H3. The molecule has 0 aliphatic rings. The first-order chi connectivity index (χ1) is 3.62. The van der Waals surface area contributed by atoms with Gasteiger partial charge in [0, 0.05) is 0 Å². The van der Waals surface area contributed by atoms with Gasteiger partial charge in [0.05, 0.1) is 0 Å². The Morgan fingerprint density at radius 2 is 2.25 bits per heavy atom. The predicted octanol–water partition coefficient (Wildman–Crippen LogP) is 0.926. The molecule has 0 heterocycles. The SMILES string of the molecule is CCNC(Cl)(Cl)C=O. The van der Waals surface area contributed by atoms with E-state index in [1.165, 1.54) is 0 Å². The average Bonchev–Trinajstić information content (AvgIpc) is 1.67. The second-order valence-electron chi connectivity index (χ2n) is 1.27. The predicted molar refractivity (Wildman–Crippen MR) is 34.2 cm³/mol. The van der Waals surface area contributed by atoms with Crippen molar-refractivity contribution in [3.63, 3.8) is 0 Å². The molecule has 0 bridgehead atoms. The molecule has 0 atom stereocenters. The summed E-state index contributed by atoms with van der Waals surface area (Å²) in [6.07, 6.45) is 0.444. The van der Waals surface area contributed by atoms with E-state index in [-0.39, 0.29) is 0 Å². The molecule has 0 aromatic heterocycles. The van der Waals surface area contributed by atoms with Crippen LogP contribution in [0, 0.1) is 0 Å². The van der Waals surface area contributed by atoms with E-state index in [4.69, 9.17) is 23.2 Å². The summed E-state index contributed by atoms with van der Waals surface area (Å²) < 4.78 is -1.39. The summed E-state index contributed by atoms with van der Waals surface area (Å²) >= 11 is 10.6. The van der Waals surface area contributed by atoms with Gasteiger partial charge in [0.25, 0.3) is 0 Å². The topological polar surface area (TPSA) is 29.1 Å². The number of carbonyl (C=O) groups is 1. The molecule has 1 N–H and O–H groups in total. The van der Waals surface area contributed by atoms with Gasteiger partial charge < -0.3 is 0 Å². The fourth-order valence-electron chi connectivity index (χ4n) is 0.277. The van der Waals surface area contributed by atoms with Crippen molar-refractivity contribution < 1.29 is 4.79 Å². The Bertz CT molecular complexity index is 84.1. The lowest BCUT2D eigenvalue weighted by Gasteiger charge is -2.10. The summed E-state index contributed by atoms with van der Waals surface area (Å²) in [5, 5.41) is 2.53. The van der Waals surface area contributed by atoms with E-state index < -0.39 is 4.46 Å². The number of rotatable bonds is 3. The molecule has 0 amide bonds. The number of likely N-dealkylation sites (N-methyl/N-ethyl adjacent to an activating group) is 1. The molecular weight excluding hydrogens is 149 g/mol. The number of nitrogens with one attached hydrogen (secondary N) is 1. The highest BCUT2D eigenvalue weighted by Crippen LogP contribution is 2.11. The zero-order valence-corrected chi connectivity index (χ0v) is 5.96. The Morgan fingerprint density at radius 3 is 2.38 bits per heavy atom. The van der Waals surface area contributed by atoms with Gasteiger partial charge in [-0.2, -0.15) is 0 Å². The number of halogens is 2. The van der Waals surface area contributed by atoms with Crippen LogP contribution in [0.15, 0.2) is 0 Å². The van der Waals surface area contributed by atoms with Crippen LogP contribution in [0.4, 0.5) is 0 Å². The van der Waals surface area contributed by atoms with E-state index in [1.54, 1.807) is 0 Å². The summed E-state index contributed by atoms with van der Waals surface area (Å²) in [5.74, 6) is 0. The third-order valence-corrected chi connectivity index (χ3v) is 1.01. The molecule has 0 aliphatic heterocycles. The molecule has 0 aromatic rings. The maximum Gasteiger partial charge on any atom is 0.224 e. The maximum absolute atomic E-state index is 9.89. The maximum atomic E-state index is 9.89. The van der Waals surface area contributed by atoms with Crippen LogP contribution in [0.25, 0.3) is 0 Å². The fraction of sp³-hybridized carbons (Fsp3) is 0.750. The van der Waals surface area contributed by atoms with Crippen molar-refractivity contribution in [3.05, 3.63) is 0 Å². The van der Waals surface area contributed by atoms with Gasteiger partial charge in [-0.05, 0) is 6.54 Å². The van der Waals surface area contributed by atoms with Crippen LogP contribution in [0.5, 0.6) is 0 Å². The molecular formula is C4H7Cl2NO. The first-order valence-corrected chi connectivity index (χ1v) is 2.97. The lowest BCUT2D eigenvalue weighted by molar-refractivity contribution is -0.108. The Kier molecular flexibility index (Phi) is 3.36. The van der Waals surface area contributed by atoms with Crippen molar-refractivity contribution in [2.45, 2.75) is 11.4 Å². The Hall–Kier alpha value is 0.210. The normalized spacial score (nSPS) is 11.4. The van der Waals surface area contributed by atoms with Crippen molar-refractivity contribution >= 4 is 29.5 Å². The summed E-state index contributed by atoms with van der Waals surface area (Å²) in [5.41, 5.74) is 0. The molecule has 0 aromatic carbocycles. The molecule has 48 valence electrons. The third kappa shape index (κ3) is 3.24. The molecule has 0 rings (SSSR count). The monoisotopic (exact) mass is 155 g/mol. The van der Waals surface area contributed by atoms with Crippen LogP contribution in [0.2, 0.25) is 0 Å². The largest absolute Gasteiger partial charge is 0.298 e. The van der Waals surface area contributed by atoms with Gasteiger partial charge in [0.2, 0.25) is 4.46 Å². The molecule has 8 heavy (non-hydrogen) atoms. The number of aldehydes is 1. The van der Waals surface area contributed by atoms with Crippen molar-refractivity contribution in [1.29, 1.82) is 0 Å². The quantitative estimate of drug-likeness (QED) is 0.374. The van der Waals surface area contributed by atoms with Crippen molar-refractivity contribution in [2.24, 2.45) is 0 Å². The highest BCUT2D eigenvalue weighted by Gasteiger charge is 2.19. The molecule has 0 spiro atoms. The first-order valence-electron chi connectivity index (χ1n) is 2.21. The van der Waals surface area contributed by atoms with Gasteiger partial charge >= 0.3 is 0 Å². The first kappa shape index (κ1) is 8.21. The van der Waals surface area contributed by atoms with E-state index in [0.717, 1.165) is 0 Å². The molecule has 0 saturated carbocycles. The van der Waals surface area contributed by atoms with E-state index in [9.17, 15) is 4.79 Å². The molecule has 2 nitrogen and oxygen atoms in total. The Morgan fingerprint density at radius 1 is 1.75 bits per heavy atom. The minimum absolute atomic E-state index is 0.444. The van der Waals surface area contributed by atoms with Crippen LogP contribution < -0.4 is 5.32 Å². The van der Waals surface area contributed by atoms with Gasteiger partial charge in [-0.1, -0.05) is 30.1 Å². The minimum Gasteiger partial charge on any atom is -0.298 e. The zero-order chi connectivity index (χ0) is 6.62. The van der Waals surface area contributed by atoms with Gasteiger partial charge in [-0.15, -0.1) is 0 Å². The van der Waals surface area contributed by atoms with Crippen molar-refractivity contribution in [1.82, 2.24) is 5.32 Å². The molecule has 0 radical (unpaired) electrons. The van der Waals surface area contributed by atoms with E-state index in [1.807, 2.05) is 6.92 Å². The second-order valence-corrected chi connectivity index (χ2v) is 2.66. The van der Waals surface area contributed by atoms with E-state index in [0.29, 0.717) is 12.8 Å². The number of carbonyl (C=O) groups excluding carboxylic acids is 1. The number of hydrogen-bond acceptors (Lipinski definition) is 2. The van der Waals surface area contributed by atoms with Crippen molar-refractivity contribution in [2.75, 3.05) is 6.54 Å². The smallest absolute Gasteiger partial charge is 0.224 e.